The lowest BCUT2D eigenvalue weighted by Gasteiger charge is -2.06. The van der Waals surface area contributed by atoms with Gasteiger partial charge < -0.3 is 10.6 Å². The first-order valence-corrected chi connectivity index (χ1v) is 8.69. The smallest absolute Gasteiger partial charge is 0.210 e. The van der Waals surface area contributed by atoms with E-state index in [4.69, 9.17) is 15.8 Å². The summed E-state index contributed by atoms with van der Waals surface area (Å²) in [6, 6.07) is 17.1. The van der Waals surface area contributed by atoms with Gasteiger partial charge >= 0.3 is 0 Å². The van der Waals surface area contributed by atoms with Crippen LogP contribution in [0.25, 0.3) is 11.4 Å². The number of nitriles is 1. The highest BCUT2D eigenvalue weighted by atomic mass is 32.2. The Morgan fingerprint density at radius 2 is 2.00 bits per heavy atom. The van der Waals surface area contributed by atoms with Crippen molar-refractivity contribution in [2.45, 2.75) is 12.1 Å². The Morgan fingerprint density at radius 3 is 2.76 bits per heavy atom. The van der Waals surface area contributed by atoms with Gasteiger partial charge in [-0.2, -0.15) is 5.26 Å². The molecule has 0 radical (unpaired) electrons. The number of aromatic nitrogens is 3. The summed E-state index contributed by atoms with van der Waals surface area (Å²) < 4.78 is 7.14. The lowest BCUT2D eigenvalue weighted by Crippen LogP contribution is -2.12. The minimum Gasteiger partial charge on any atom is -0.493 e. The summed E-state index contributed by atoms with van der Waals surface area (Å²) in [7, 11) is 0. The van der Waals surface area contributed by atoms with Gasteiger partial charge in [0.25, 0.3) is 0 Å². The number of nitrogens with zero attached hydrogens (tertiary/aromatic N) is 4. The van der Waals surface area contributed by atoms with E-state index >= 15 is 0 Å². The van der Waals surface area contributed by atoms with Crippen molar-refractivity contribution in [1.29, 1.82) is 5.26 Å². The number of ether oxygens (including phenoxy) is 1. The van der Waals surface area contributed by atoms with E-state index in [9.17, 15) is 0 Å². The number of thioether (sulfide) groups is 1. The van der Waals surface area contributed by atoms with Crippen LogP contribution in [-0.4, -0.2) is 27.2 Å². The quantitative estimate of drug-likeness (QED) is 0.417. The van der Waals surface area contributed by atoms with E-state index in [0.29, 0.717) is 34.7 Å². The molecule has 1 aromatic heterocycles. The molecule has 0 atom stereocenters. The first-order chi connectivity index (χ1) is 12.2. The second kappa shape index (κ2) is 7.73. The van der Waals surface area contributed by atoms with Crippen LogP contribution in [0.2, 0.25) is 0 Å². The van der Waals surface area contributed by atoms with Gasteiger partial charge in [-0.25, -0.2) is 4.68 Å². The molecule has 0 saturated heterocycles. The van der Waals surface area contributed by atoms with E-state index in [0.717, 1.165) is 5.56 Å². The zero-order valence-corrected chi connectivity index (χ0v) is 14.5. The molecular weight excluding hydrogens is 334 g/mol. The van der Waals surface area contributed by atoms with E-state index in [-0.39, 0.29) is 0 Å². The van der Waals surface area contributed by atoms with Gasteiger partial charge in [-0.1, -0.05) is 47.7 Å². The van der Waals surface area contributed by atoms with E-state index in [1.165, 1.54) is 22.0 Å². The predicted octanol–water partition coefficient (Wildman–Crippen LogP) is 3.01. The number of rotatable bonds is 6. The van der Waals surface area contributed by atoms with Crippen molar-refractivity contribution in [2.24, 2.45) is 0 Å². The van der Waals surface area contributed by atoms with Gasteiger partial charge in [-0.05, 0) is 25.1 Å². The summed E-state index contributed by atoms with van der Waals surface area (Å²) in [5, 5.41) is 17.8. The fourth-order valence-electron chi connectivity index (χ4n) is 2.22. The lowest BCUT2D eigenvalue weighted by atomic mass is 10.1. The van der Waals surface area contributed by atoms with Crippen molar-refractivity contribution < 1.29 is 4.74 Å². The van der Waals surface area contributed by atoms with Crippen LogP contribution in [0.3, 0.4) is 0 Å². The number of aryl methyl sites for hydroxylation is 1. The summed E-state index contributed by atoms with van der Waals surface area (Å²) in [6.07, 6.45) is 0. The van der Waals surface area contributed by atoms with Crippen LogP contribution in [0.15, 0.2) is 53.7 Å². The van der Waals surface area contributed by atoms with Crippen molar-refractivity contribution in [3.05, 3.63) is 59.7 Å². The summed E-state index contributed by atoms with van der Waals surface area (Å²) >= 11 is 1.47. The molecule has 0 aliphatic carbocycles. The first-order valence-electron chi connectivity index (χ1n) is 7.70. The van der Waals surface area contributed by atoms with Crippen LogP contribution in [0, 0.1) is 18.3 Å². The molecule has 0 amide bonds. The van der Waals surface area contributed by atoms with Crippen molar-refractivity contribution in [3.63, 3.8) is 0 Å². The Labute approximate surface area is 150 Å². The monoisotopic (exact) mass is 351 g/mol. The SMILES string of the molecule is Cc1ccc(-c2nnc(SCCOc3cccc(C#N)c3)n2N)cc1. The Hall–Kier alpha value is -2.98. The standard InChI is InChI=1S/C18H17N5OS/c1-13-5-7-15(8-6-13)17-21-22-18(23(17)20)25-10-9-24-16-4-2-3-14(11-16)12-19/h2-8,11H,9-10,20H2,1H3. The average molecular weight is 351 g/mol. The lowest BCUT2D eigenvalue weighted by molar-refractivity contribution is 0.343. The van der Waals surface area contributed by atoms with Crippen LogP contribution >= 0.6 is 11.8 Å². The number of hydrogen-bond donors (Lipinski definition) is 1. The van der Waals surface area contributed by atoms with Gasteiger partial charge in [0, 0.05) is 11.3 Å². The minimum absolute atomic E-state index is 0.478. The number of hydrogen-bond acceptors (Lipinski definition) is 6. The van der Waals surface area contributed by atoms with Gasteiger partial charge in [0.1, 0.15) is 5.75 Å². The maximum Gasteiger partial charge on any atom is 0.210 e. The topological polar surface area (TPSA) is 89.8 Å². The van der Waals surface area contributed by atoms with Crippen molar-refractivity contribution in [1.82, 2.24) is 14.9 Å². The van der Waals surface area contributed by atoms with Crippen LogP contribution in [0.4, 0.5) is 0 Å². The Kier molecular flexibility index (Phi) is 5.21. The van der Waals surface area contributed by atoms with Crippen molar-refractivity contribution in [2.75, 3.05) is 18.2 Å². The third-order valence-electron chi connectivity index (χ3n) is 3.52. The molecule has 2 aromatic carbocycles. The zero-order chi connectivity index (χ0) is 17.6. The largest absolute Gasteiger partial charge is 0.493 e. The van der Waals surface area contributed by atoms with Gasteiger partial charge in [-0.3, -0.25) is 0 Å². The second-order valence-electron chi connectivity index (χ2n) is 5.38. The third kappa shape index (κ3) is 4.11. The molecule has 0 spiro atoms. The minimum atomic E-state index is 0.478. The molecule has 3 aromatic rings. The Balaban J connectivity index is 1.57. The Bertz CT molecular complexity index is 899. The van der Waals surface area contributed by atoms with Gasteiger partial charge in [-0.15, -0.1) is 10.2 Å². The molecule has 7 heteroatoms. The molecule has 0 saturated carbocycles. The molecule has 3 rings (SSSR count). The maximum atomic E-state index is 8.88. The molecular formula is C18H17N5OS. The van der Waals surface area contributed by atoms with Crippen LogP contribution in [-0.2, 0) is 0 Å². The van der Waals surface area contributed by atoms with Crippen LogP contribution < -0.4 is 10.6 Å². The highest BCUT2D eigenvalue weighted by molar-refractivity contribution is 7.99. The molecule has 0 aliphatic rings. The molecule has 0 aliphatic heterocycles. The predicted molar refractivity (Wildman–Crippen MR) is 97.7 cm³/mol. The summed E-state index contributed by atoms with van der Waals surface area (Å²) in [6.45, 7) is 2.51. The molecule has 0 unspecified atom stereocenters. The van der Waals surface area contributed by atoms with Gasteiger partial charge in [0.2, 0.25) is 5.16 Å². The Morgan fingerprint density at radius 1 is 1.20 bits per heavy atom. The molecule has 0 bridgehead atoms. The normalized spacial score (nSPS) is 10.4. The molecule has 25 heavy (non-hydrogen) atoms. The van der Waals surface area contributed by atoms with E-state index < -0.39 is 0 Å². The van der Waals surface area contributed by atoms with Crippen LogP contribution in [0.1, 0.15) is 11.1 Å². The highest BCUT2D eigenvalue weighted by Crippen LogP contribution is 2.22. The summed E-state index contributed by atoms with van der Waals surface area (Å²) in [5.74, 6) is 8.07. The van der Waals surface area contributed by atoms with E-state index in [2.05, 4.69) is 16.3 Å². The highest BCUT2D eigenvalue weighted by Gasteiger charge is 2.11. The molecule has 126 valence electrons. The van der Waals surface area contributed by atoms with E-state index in [1.54, 1.807) is 18.2 Å². The second-order valence-corrected chi connectivity index (χ2v) is 6.44. The number of nitrogens with two attached hydrogens (primary N) is 1. The maximum absolute atomic E-state index is 8.88. The fourth-order valence-corrected chi connectivity index (χ4v) is 2.90. The van der Waals surface area contributed by atoms with Crippen molar-refractivity contribution in [3.8, 4) is 23.2 Å². The fraction of sp³-hybridized carbons (Fsp3) is 0.167. The third-order valence-corrected chi connectivity index (χ3v) is 4.43. The van der Waals surface area contributed by atoms with Crippen LogP contribution in [0.5, 0.6) is 5.75 Å². The molecule has 2 N–H and O–H groups in total. The first kappa shape index (κ1) is 16.9. The molecule has 6 nitrogen and oxygen atoms in total. The number of benzene rings is 2. The molecule has 1 heterocycles. The average Bonchev–Trinajstić information content (AvgIpc) is 3.00. The zero-order valence-electron chi connectivity index (χ0n) is 13.7. The van der Waals surface area contributed by atoms with Crippen molar-refractivity contribution >= 4 is 11.8 Å². The van der Waals surface area contributed by atoms with Gasteiger partial charge in [0.05, 0.1) is 18.2 Å². The molecule has 0 fully saturated rings. The number of nitrogen functional groups attached to an aromatic ring is 1. The summed E-state index contributed by atoms with van der Waals surface area (Å²) in [5.41, 5.74) is 2.69. The summed E-state index contributed by atoms with van der Waals surface area (Å²) in [4.78, 5) is 0. The van der Waals surface area contributed by atoms with Gasteiger partial charge in [0.15, 0.2) is 5.82 Å². The van der Waals surface area contributed by atoms with E-state index in [1.807, 2.05) is 37.3 Å².